The summed E-state index contributed by atoms with van der Waals surface area (Å²) in [7, 11) is 0. The summed E-state index contributed by atoms with van der Waals surface area (Å²) in [6.45, 7) is 5.18. The largest absolute Gasteiger partial charge is 0.354 e. The van der Waals surface area contributed by atoms with Crippen molar-refractivity contribution in [2.75, 3.05) is 19.6 Å². The van der Waals surface area contributed by atoms with E-state index in [1.807, 2.05) is 13.8 Å². The van der Waals surface area contributed by atoms with Crippen LogP contribution in [0.2, 0.25) is 0 Å². The molecule has 4 heteroatoms. The summed E-state index contributed by atoms with van der Waals surface area (Å²) < 4.78 is 0. The van der Waals surface area contributed by atoms with E-state index in [4.69, 9.17) is 11.5 Å². The predicted molar refractivity (Wildman–Crippen MR) is 49.5 cm³/mol. The van der Waals surface area contributed by atoms with Crippen molar-refractivity contribution in [2.45, 2.75) is 20.3 Å². The molecule has 0 radical (unpaired) electrons. The van der Waals surface area contributed by atoms with E-state index in [9.17, 15) is 4.79 Å². The fraction of sp³-hybridized carbons (Fsp3) is 0.875. The van der Waals surface area contributed by atoms with Crippen molar-refractivity contribution in [2.24, 2.45) is 16.9 Å². The van der Waals surface area contributed by atoms with Crippen molar-refractivity contribution in [3.63, 3.8) is 0 Å². The molecule has 0 bridgehead atoms. The summed E-state index contributed by atoms with van der Waals surface area (Å²) in [5, 5.41) is 2.73. The quantitative estimate of drug-likeness (QED) is 0.521. The molecule has 1 unspecified atom stereocenters. The standard InChI is InChI=1S/C8H19N3O/c1-3-8(2,6-10)7(12)11-5-4-9/h3-6,9-10H2,1-2H3,(H,11,12). The fourth-order valence-corrected chi connectivity index (χ4v) is 0.797. The Morgan fingerprint density at radius 3 is 2.42 bits per heavy atom. The van der Waals surface area contributed by atoms with E-state index in [2.05, 4.69) is 5.32 Å². The van der Waals surface area contributed by atoms with Gasteiger partial charge >= 0.3 is 0 Å². The average molecular weight is 173 g/mol. The Kier molecular flexibility index (Phi) is 4.85. The predicted octanol–water partition coefficient (Wildman–Crippen LogP) is -0.564. The summed E-state index contributed by atoms with van der Waals surface area (Å²) in [4.78, 5) is 11.4. The van der Waals surface area contributed by atoms with Crippen molar-refractivity contribution >= 4 is 5.91 Å². The zero-order valence-electron chi connectivity index (χ0n) is 7.89. The second-order valence-corrected chi connectivity index (χ2v) is 3.16. The Morgan fingerprint density at radius 2 is 2.08 bits per heavy atom. The lowest BCUT2D eigenvalue weighted by atomic mass is 9.87. The van der Waals surface area contributed by atoms with Crippen LogP contribution in [0.25, 0.3) is 0 Å². The monoisotopic (exact) mass is 173 g/mol. The molecule has 0 saturated carbocycles. The van der Waals surface area contributed by atoms with Crippen LogP contribution in [0, 0.1) is 5.41 Å². The molecule has 0 aliphatic rings. The molecule has 0 aromatic heterocycles. The molecule has 5 N–H and O–H groups in total. The molecule has 0 rings (SSSR count). The Morgan fingerprint density at radius 1 is 1.50 bits per heavy atom. The number of hydrogen-bond donors (Lipinski definition) is 3. The maximum Gasteiger partial charge on any atom is 0.227 e. The average Bonchev–Trinajstić information content (AvgIpc) is 2.12. The number of nitrogens with one attached hydrogen (secondary N) is 1. The minimum Gasteiger partial charge on any atom is -0.354 e. The lowest BCUT2D eigenvalue weighted by Gasteiger charge is -2.24. The highest BCUT2D eigenvalue weighted by atomic mass is 16.2. The molecule has 0 saturated heterocycles. The second kappa shape index (κ2) is 5.11. The van der Waals surface area contributed by atoms with Gasteiger partial charge in [-0.1, -0.05) is 6.92 Å². The molecule has 72 valence electrons. The van der Waals surface area contributed by atoms with E-state index in [0.717, 1.165) is 6.42 Å². The van der Waals surface area contributed by atoms with Crippen LogP contribution in [-0.2, 0) is 4.79 Å². The zero-order valence-corrected chi connectivity index (χ0v) is 7.89. The van der Waals surface area contributed by atoms with Gasteiger partial charge in [0, 0.05) is 19.6 Å². The van der Waals surface area contributed by atoms with E-state index in [0.29, 0.717) is 19.6 Å². The van der Waals surface area contributed by atoms with E-state index in [-0.39, 0.29) is 5.91 Å². The highest BCUT2D eigenvalue weighted by Gasteiger charge is 2.28. The van der Waals surface area contributed by atoms with Gasteiger partial charge in [-0.2, -0.15) is 0 Å². The molecule has 1 atom stereocenters. The zero-order chi connectivity index (χ0) is 9.61. The number of nitrogens with two attached hydrogens (primary N) is 2. The van der Waals surface area contributed by atoms with Crippen molar-refractivity contribution in [3.05, 3.63) is 0 Å². The van der Waals surface area contributed by atoms with Crippen LogP contribution in [-0.4, -0.2) is 25.5 Å². The van der Waals surface area contributed by atoms with E-state index >= 15 is 0 Å². The maximum absolute atomic E-state index is 11.4. The van der Waals surface area contributed by atoms with Gasteiger partial charge in [0.05, 0.1) is 5.41 Å². The summed E-state index contributed by atoms with van der Waals surface area (Å²) in [5.41, 5.74) is 10.3. The molecular weight excluding hydrogens is 154 g/mol. The topological polar surface area (TPSA) is 81.1 Å². The number of hydrogen-bond acceptors (Lipinski definition) is 3. The minimum atomic E-state index is -0.435. The third-order valence-electron chi connectivity index (χ3n) is 2.21. The van der Waals surface area contributed by atoms with Gasteiger partial charge in [-0.15, -0.1) is 0 Å². The van der Waals surface area contributed by atoms with Crippen molar-refractivity contribution < 1.29 is 4.79 Å². The lowest BCUT2D eigenvalue weighted by Crippen LogP contribution is -2.44. The number of amides is 1. The van der Waals surface area contributed by atoms with Gasteiger partial charge in [-0.25, -0.2) is 0 Å². The second-order valence-electron chi connectivity index (χ2n) is 3.16. The molecule has 0 aliphatic carbocycles. The SMILES string of the molecule is CCC(C)(CN)C(=O)NCCN. The van der Waals surface area contributed by atoms with Crippen LogP contribution in [0.15, 0.2) is 0 Å². The molecule has 0 heterocycles. The molecular formula is C8H19N3O. The van der Waals surface area contributed by atoms with Crippen LogP contribution < -0.4 is 16.8 Å². The van der Waals surface area contributed by atoms with Gasteiger partial charge in [0.15, 0.2) is 0 Å². The van der Waals surface area contributed by atoms with Crippen LogP contribution >= 0.6 is 0 Å². The van der Waals surface area contributed by atoms with Gasteiger partial charge in [-0.3, -0.25) is 4.79 Å². The molecule has 0 aromatic carbocycles. The highest BCUT2D eigenvalue weighted by molar-refractivity contribution is 5.82. The van der Waals surface area contributed by atoms with Gasteiger partial charge in [0.1, 0.15) is 0 Å². The molecule has 0 aliphatic heterocycles. The van der Waals surface area contributed by atoms with E-state index in [1.165, 1.54) is 0 Å². The van der Waals surface area contributed by atoms with E-state index in [1.54, 1.807) is 0 Å². The Labute approximate surface area is 73.7 Å². The summed E-state index contributed by atoms with van der Waals surface area (Å²) in [6.07, 6.45) is 0.750. The van der Waals surface area contributed by atoms with Crippen molar-refractivity contribution in [3.8, 4) is 0 Å². The lowest BCUT2D eigenvalue weighted by molar-refractivity contribution is -0.129. The summed E-state index contributed by atoms with van der Waals surface area (Å²) in [6, 6.07) is 0. The number of rotatable bonds is 5. The van der Waals surface area contributed by atoms with Gasteiger partial charge in [-0.05, 0) is 13.3 Å². The van der Waals surface area contributed by atoms with Crippen LogP contribution in [0.5, 0.6) is 0 Å². The van der Waals surface area contributed by atoms with Gasteiger partial charge < -0.3 is 16.8 Å². The molecule has 1 amide bonds. The number of carbonyl (C=O) groups is 1. The van der Waals surface area contributed by atoms with E-state index < -0.39 is 5.41 Å². The first kappa shape index (κ1) is 11.4. The first-order valence-electron chi connectivity index (χ1n) is 4.29. The Bertz CT molecular complexity index is 143. The van der Waals surface area contributed by atoms with Crippen LogP contribution in [0.1, 0.15) is 20.3 Å². The summed E-state index contributed by atoms with van der Waals surface area (Å²) >= 11 is 0. The fourth-order valence-electron chi connectivity index (χ4n) is 0.797. The maximum atomic E-state index is 11.4. The minimum absolute atomic E-state index is 0.00190. The first-order chi connectivity index (χ1) is 5.60. The third kappa shape index (κ3) is 2.79. The summed E-state index contributed by atoms with van der Waals surface area (Å²) in [5.74, 6) is -0.00190. The molecule has 0 aromatic rings. The highest BCUT2D eigenvalue weighted by Crippen LogP contribution is 2.18. The van der Waals surface area contributed by atoms with Crippen molar-refractivity contribution in [1.29, 1.82) is 0 Å². The first-order valence-corrected chi connectivity index (χ1v) is 4.29. The molecule has 0 spiro atoms. The normalized spacial score (nSPS) is 15.3. The van der Waals surface area contributed by atoms with Crippen LogP contribution in [0.4, 0.5) is 0 Å². The Balaban J connectivity index is 4.03. The van der Waals surface area contributed by atoms with Gasteiger partial charge in [0.2, 0.25) is 5.91 Å². The smallest absolute Gasteiger partial charge is 0.227 e. The number of carbonyl (C=O) groups excluding carboxylic acids is 1. The third-order valence-corrected chi connectivity index (χ3v) is 2.21. The molecule has 4 nitrogen and oxygen atoms in total. The van der Waals surface area contributed by atoms with Crippen molar-refractivity contribution in [1.82, 2.24) is 5.32 Å². The molecule has 12 heavy (non-hydrogen) atoms. The molecule has 0 fully saturated rings. The Hall–Kier alpha value is -0.610. The van der Waals surface area contributed by atoms with Gasteiger partial charge in [0.25, 0.3) is 0 Å². The van der Waals surface area contributed by atoms with Crippen LogP contribution in [0.3, 0.4) is 0 Å².